The lowest BCUT2D eigenvalue weighted by atomic mass is 10.1. The minimum absolute atomic E-state index is 0.102. The van der Waals surface area contributed by atoms with Gasteiger partial charge in [-0.25, -0.2) is 0 Å². The van der Waals surface area contributed by atoms with Gasteiger partial charge in [0.15, 0.2) is 5.82 Å². The van der Waals surface area contributed by atoms with E-state index in [0.29, 0.717) is 35.6 Å². The summed E-state index contributed by atoms with van der Waals surface area (Å²) in [5, 5.41) is 30.1. The molecule has 0 saturated carbocycles. The van der Waals surface area contributed by atoms with E-state index in [9.17, 15) is 5.11 Å². The summed E-state index contributed by atoms with van der Waals surface area (Å²) in [6, 6.07) is 8.96. The van der Waals surface area contributed by atoms with E-state index < -0.39 is 11.6 Å². The van der Waals surface area contributed by atoms with Crippen molar-refractivity contribution in [3.05, 3.63) is 40.9 Å². The standard InChI is InChI=1S/C21H30ClN5O3/c1-14(2)24-25-19-9-10-20(27-26-19)30-13-21(4,5)23-11-16(28)12-29-18-8-6-7-17(22)15(18)3/h6-10,14,16,23,28H,11-13H2,1-5H3. The van der Waals surface area contributed by atoms with Gasteiger partial charge in [-0.15, -0.1) is 15.3 Å². The van der Waals surface area contributed by atoms with Gasteiger partial charge in [0.1, 0.15) is 25.1 Å². The molecule has 9 heteroatoms. The number of hydrogen-bond donors (Lipinski definition) is 2. The highest BCUT2D eigenvalue weighted by Crippen LogP contribution is 2.25. The van der Waals surface area contributed by atoms with Crippen LogP contribution in [0.5, 0.6) is 11.6 Å². The lowest BCUT2D eigenvalue weighted by molar-refractivity contribution is 0.0920. The summed E-state index contributed by atoms with van der Waals surface area (Å²) in [5.74, 6) is 1.50. The zero-order chi connectivity index (χ0) is 22.1. The van der Waals surface area contributed by atoms with E-state index in [0.717, 1.165) is 5.56 Å². The van der Waals surface area contributed by atoms with E-state index in [2.05, 4.69) is 25.7 Å². The van der Waals surface area contributed by atoms with Gasteiger partial charge in [-0.3, -0.25) is 0 Å². The van der Waals surface area contributed by atoms with Crippen molar-refractivity contribution in [2.75, 3.05) is 19.8 Å². The van der Waals surface area contributed by atoms with Crippen LogP contribution in [0.2, 0.25) is 5.02 Å². The molecule has 1 unspecified atom stereocenters. The summed E-state index contributed by atoms with van der Waals surface area (Å²) in [7, 11) is 0. The minimum Gasteiger partial charge on any atom is -0.491 e. The number of β-amino-alcohol motifs (C(OH)–C–C–N with tert-alkyl or cyclic N) is 1. The zero-order valence-electron chi connectivity index (χ0n) is 18.1. The number of halogens is 1. The number of benzene rings is 1. The van der Waals surface area contributed by atoms with Gasteiger partial charge in [-0.05, 0) is 52.8 Å². The van der Waals surface area contributed by atoms with Crippen molar-refractivity contribution >= 4 is 17.4 Å². The predicted octanol–water partition coefficient (Wildman–Crippen LogP) is 4.12. The van der Waals surface area contributed by atoms with Crippen molar-refractivity contribution in [2.45, 2.75) is 52.3 Å². The molecule has 8 nitrogen and oxygen atoms in total. The van der Waals surface area contributed by atoms with E-state index >= 15 is 0 Å². The van der Waals surface area contributed by atoms with Crippen LogP contribution in [0.3, 0.4) is 0 Å². The van der Waals surface area contributed by atoms with Crippen LogP contribution >= 0.6 is 11.6 Å². The molecule has 1 heterocycles. The summed E-state index contributed by atoms with van der Waals surface area (Å²) in [5.41, 5.74) is 0.454. The molecule has 0 radical (unpaired) electrons. The first-order chi connectivity index (χ1) is 14.2. The first-order valence-corrected chi connectivity index (χ1v) is 10.2. The third-order valence-electron chi connectivity index (χ3n) is 4.06. The Morgan fingerprint density at radius 2 is 1.93 bits per heavy atom. The summed E-state index contributed by atoms with van der Waals surface area (Å²) < 4.78 is 11.4. The highest BCUT2D eigenvalue weighted by Gasteiger charge is 2.20. The number of azo groups is 1. The quantitative estimate of drug-likeness (QED) is 0.515. The lowest BCUT2D eigenvalue weighted by Crippen LogP contribution is -2.48. The van der Waals surface area contributed by atoms with Gasteiger partial charge in [0, 0.05) is 28.7 Å². The largest absolute Gasteiger partial charge is 0.491 e. The maximum absolute atomic E-state index is 10.2. The SMILES string of the molecule is Cc1c(Cl)cccc1OCC(O)CNC(C)(C)COc1ccc(N=NC(C)C)nn1. The third kappa shape index (κ3) is 8.22. The Bertz CT molecular complexity index is 828. The molecule has 0 fully saturated rings. The first-order valence-electron chi connectivity index (χ1n) is 9.84. The zero-order valence-corrected chi connectivity index (χ0v) is 18.8. The highest BCUT2D eigenvalue weighted by molar-refractivity contribution is 6.31. The van der Waals surface area contributed by atoms with E-state index in [1.807, 2.05) is 46.8 Å². The maximum Gasteiger partial charge on any atom is 0.233 e. The molecule has 2 aromatic rings. The van der Waals surface area contributed by atoms with E-state index in [1.54, 1.807) is 18.2 Å². The Balaban J connectivity index is 1.76. The van der Waals surface area contributed by atoms with Crippen molar-refractivity contribution in [1.82, 2.24) is 15.5 Å². The minimum atomic E-state index is -0.687. The fraction of sp³-hybridized carbons (Fsp3) is 0.524. The Morgan fingerprint density at radius 3 is 2.60 bits per heavy atom. The van der Waals surface area contributed by atoms with Crippen LogP contribution in [0.25, 0.3) is 0 Å². The molecule has 1 aromatic heterocycles. The van der Waals surface area contributed by atoms with Gasteiger partial charge < -0.3 is 19.9 Å². The smallest absolute Gasteiger partial charge is 0.233 e. The number of ether oxygens (including phenoxy) is 2. The summed E-state index contributed by atoms with van der Waals surface area (Å²) in [6.07, 6.45) is -0.687. The molecule has 0 bridgehead atoms. The van der Waals surface area contributed by atoms with Gasteiger partial charge >= 0.3 is 0 Å². The van der Waals surface area contributed by atoms with Crippen LogP contribution in [0.15, 0.2) is 40.6 Å². The average molecular weight is 436 g/mol. The van der Waals surface area contributed by atoms with Crippen LogP contribution in [-0.4, -0.2) is 52.7 Å². The second kappa shape index (κ2) is 11.2. The molecule has 164 valence electrons. The van der Waals surface area contributed by atoms with Gasteiger partial charge in [0.2, 0.25) is 5.88 Å². The molecule has 2 N–H and O–H groups in total. The summed E-state index contributed by atoms with van der Waals surface area (Å²) in [4.78, 5) is 0. The molecule has 2 rings (SSSR count). The number of aliphatic hydroxyl groups excluding tert-OH is 1. The molecule has 0 spiro atoms. The number of rotatable bonds is 11. The monoisotopic (exact) mass is 435 g/mol. The van der Waals surface area contributed by atoms with Crippen LogP contribution in [0.1, 0.15) is 33.3 Å². The van der Waals surface area contributed by atoms with Crippen molar-refractivity contribution in [2.24, 2.45) is 10.2 Å². The molecule has 1 atom stereocenters. The molecule has 1 aromatic carbocycles. The fourth-order valence-corrected chi connectivity index (χ4v) is 2.47. The second-order valence-electron chi connectivity index (χ2n) is 7.92. The molecule has 30 heavy (non-hydrogen) atoms. The summed E-state index contributed by atoms with van der Waals surface area (Å²) >= 11 is 6.08. The van der Waals surface area contributed by atoms with Gasteiger partial charge in [-0.2, -0.15) is 5.11 Å². The van der Waals surface area contributed by atoms with Crippen LogP contribution < -0.4 is 14.8 Å². The van der Waals surface area contributed by atoms with Crippen molar-refractivity contribution in [3.63, 3.8) is 0 Å². The lowest BCUT2D eigenvalue weighted by Gasteiger charge is -2.27. The molecule has 0 aliphatic carbocycles. The summed E-state index contributed by atoms with van der Waals surface area (Å²) in [6.45, 7) is 10.5. The molecule has 0 amide bonds. The second-order valence-corrected chi connectivity index (χ2v) is 8.33. The number of hydrogen-bond acceptors (Lipinski definition) is 8. The highest BCUT2D eigenvalue weighted by atomic mass is 35.5. The Morgan fingerprint density at radius 1 is 1.17 bits per heavy atom. The number of aromatic nitrogens is 2. The number of nitrogens with zero attached hydrogens (tertiary/aromatic N) is 4. The third-order valence-corrected chi connectivity index (χ3v) is 4.47. The van der Waals surface area contributed by atoms with Gasteiger partial charge in [0.05, 0.1) is 6.04 Å². The Labute approximate surface area is 182 Å². The molecular formula is C21H30ClN5O3. The van der Waals surface area contributed by atoms with Crippen LogP contribution in [0.4, 0.5) is 5.82 Å². The molecule has 0 saturated heterocycles. The molecule has 0 aliphatic rings. The van der Waals surface area contributed by atoms with Crippen molar-refractivity contribution in [1.29, 1.82) is 0 Å². The van der Waals surface area contributed by atoms with E-state index in [-0.39, 0.29) is 12.6 Å². The predicted molar refractivity (Wildman–Crippen MR) is 117 cm³/mol. The van der Waals surface area contributed by atoms with Crippen molar-refractivity contribution in [3.8, 4) is 11.6 Å². The normalized spacial score (nSPS) is 13.1. The maximum atomic E-state index is 10.2. The van der Waals surface area contributed by atoms with E-state index in [1.165, 1.54) is 0 Å². The molecule has 0 aliphatic heterocycles. The van der Waals surface area contributed by atoms with Gasteiger partial charge in [-0.1, -0.05) is 17.7 Å². The van der Waals surface area contributed by atoms with E-state index in [4.69, 9.17) is 21.1 Å². The Hall–Kier alpha value is -2.29. The number of aliphatic hydroxyl groups is 1. The molecular weight excluding hydrogens is 406 g/mol. The average Bonchev–Trinajstić information content (AvgIpc) is 2.71. The number of nitrogens with one attached hydrogen (secondary N) is 1. The topological polar surface area (TPSA) is 101 Å². The van der Waals surface area contributed by atoms with Crippen LogP contribution in [0, 0.1) is 6.92 Å². The first kappa shape index (κ1) is 24.0. The fourth-order valence-electron chi connectivity index (χ4n) is 2.31. The van der Waals surface area contributed by atoms with Crippen molar-refractivity contribution < 1.29 is 14.6 Å². The Kier molecular flexibility index (Phi) is 8.95. The van der Waals surface area contributed by atoms with Gasteiger partial charge in [0.25, 0.3) is 0 Å². The van der Waals surface area contributed by atoms with Crippen LogP contribution in [-0.2, 0) is 0 Å².